The molecule has 0 saturated carbocycles. The summed E-state index contributed by atoms with van der Waals surface area (Å²) in [5.41, 5.74) is 3.57. The Morgan fingerprint density at radius 1 is 0.818 bits per heavy atom. The van der Waals surface area contributed by atoms with Crippen LogP contribution in [0.25, 0.3) is 0 Å². The van der Waals surface area contributed by atoms with Gasteiger partial charge in [0.2, 0.25) is 0 Å². The van der Waals surface area contributed by atoms with Crippen LogP contribution in [0.1, 0.15) is 21.3 Å². The molecular formula is C18H21ClN2O. The number of carbonyl (C=O) groups is 1. The van der Waals surface area contributed by atoms with Gasteiger partial charge < -0.3 is 9.80 Å². The normalized spacial score (nSPS) is 11.9. The number of alkyl halides is 1. The molecule has 2 rings (SSSR count). The Morgan fingerprint density at radius 3 is 1.64 bits per heavy atom. The van der Waals surface area contributed by atoms with Gasteiger partial charge >= 0.3 is 0 Å². The summed E-state index contributed by atoms with van der Waals surface area (Å²) >= 11 is 6.35. The molecule has 116 valence electrons. The van der Waals surface area contributed by atoms with Crippen LogP contribution in [-0.4, -0.2) is 34.0 Å². The molecule has 0 spiro atoms. The first-order valence-electron chi connectivity index (χ1n) is 7.13. The van der Waals surface area contributed by atoms with Gasteiger partial charge in [0, 0.05) is 45.1 Å². The van der Waals surface area contributed by atoms with E-state index in [1.165, 1.54) is 0 Å². The third-order valence-corrected chi connectivity index (χ3v) is 4.05. The molecule has 2 aromatic rings. The van der Waals surface area contributed by atoms with E-state index in [2.05, 4.69) is 0 Å². The van der Waals surface area contributed by atoms with Crippen molar-refractivity contribution in [2.24, 2.45) is 0 Å². The molecular weight excluding hydrogens is 296 g/mol. The summed E-state index contributed by atoms with van der Waals surface area (Å²) in [6.07, 6.45) is 0. The van der Waals surface area contributed by atoms with Crippen LogP contribution in [0.15, 0.2) is 48.5 Å². The lowest BCUT2D eigenvalue weighted by molar-refractivity contribution is 0.0987. The maximum absolute atomic E-state index is 12.5. The molecule has 0 amide bonds. The van der Waals surface area contributed by atoms with Gasteiger partial charge in [-0.15, -0.1) is 11.6 Å². The molecule has 0 saturated heterocycles. The highest BCUT2D eigenvalue weighted by Gasteiger charge is 2.19. The highest BCUT2D eigenvalue weighted by Crippen LogP contribution is 2.27. The fraction of sp³-hybridized carbons (Fsp3) is 0.278. The van der Waals surface area contributed by atoms with Crippen molar-refractivity contribution in [2.75, 3.05) is 38.0 Å². The minimum Gasteiger partial charge on any atom is -0.378 e. The van der Waals surface area contributed by atoms with Crippen molar-refractivity contribution >= 4 is 28.8 Å². The van der Waals surface area contributed by atoms with Crippen LogP contribution in [0.4, 0.5) is 11.4 Å². The van der Waals surface area contributed by atoms with E-state index < -0.39 is 5.38 Å². The monoisotopic (exact) mass is 316 g/mol. The minimum atomic E-state index is -0.665. The zero-order valence-electron chi connectivity index (χ0n) is 13.4. The smallest absolute Gasteiger partial charge is 0.185 e. The lowest BCUT2D eigenvalue weighted by Crippen LogP contribution is -2.11. The van der Waals surface area contributed by atoms with E-state index in [1.54, 1.807) is 0 Å². The first kappa shape index (κ1) is 16.4. The van der Waals surface area contributed by atoms with Crippen LogP contribution in [0.5, 0.6) is 0 Å². The zero-order valence-corrected chi connectivity index (χ0v) is 14.1. The summed E-state index contributed by atoms with van der Waals surface area (Å²) in [5, 5.41) is -0.665. The van der Waals surface area contributed by atoms with Crippen LogP contribution in [0.3, 0.4) is 0 Å². The second-order valence-electron chi connectivity index (χ2n) is 5.65. The molecule has 1 unspecified atom stereocenters. The lowest BCUT2D eigenvalue weighted by Gasteiger charge is -2.15. The highest BCUT2D eigenvalue weighted by atomic mass is 35.5. The fourth-order valence-corrected chi connectivity index (χ4v) is 2.43. The van der Waals surface area contributed by atoms with Crippen molar-refractivity contribution in [1.82, 2.24) is 0 Å². The molecule has 2 aromatic carbocycles. The number of hydrogen-bond donors (Lipinski definition) is 0. The number of carbonyl (C=O) groups excluding carboxylic acids is 1. The second-order valence-corrected chi connectivity index (χ2v) is 6.09. The maximum Gasteiger partial charge on any atom is 0.185 e. The van der Waals surface area contributed by atoms with E-state index in [0.29, 0.717) is 5.56 Å². The molecule has 0 bridgehead atoms. The fourth-order valence-electron chi connectivity index (χ4n) is 2.16. The van der Waals surface area contributed by atoms with Crippen LogP contribution in [-0.2, 0) is 0 Å². The van der Waals surface area contributed by atoms with Gasteiger partial charge in [0.05, 0.1) is 0 Å². The summed E-state index contributed by atoms with van der Waals surface area (Å²) in [6.45, 7) is 0. The van der Waals surface area contributed by atoms with E-state index in [4.69, 9.17) is 11.6 Å². The standard InChI is InChI=1S/C18H21ClN2O/c1-20(2)15-9-5-13(6-10-15)17(19)18(22)14-7-11-16(12-8-14)21(3)4/h5-12,17H,1-4H3. The third-order valence-electron chi connectivity index (χ3n) is 3.60. The molecule has 0 aromatic heterocycles. The van der Waals surface area contributed by atoms with Gasteiger partial charge in [0.25, 0.3) is 0 Å². The summed E-state index contributed by atoms with van der Waals surface area (Å²) < 4.78 is 0. The topological polar surface area (TPSA) is 23.6 Å². The van der Waals surface area contributed by atoms with E-state index in [0.717, 1.165) is 16.9 Å². The van der Waals surface area contributed by atoms with Gasteiger partial charge in [0.1, 0.15) is 5.38 Å². The van der Waals surface area contributed by atoms with E-state index >= 15 is 0 Å². The van der Waals surface area contributed by atoms with Gasteiger partial charge in [0.15, 0.2) is 5.78 Å². The number of hydrogen-bond acceptors (Lipinski definition) is 3. The molecule has 1 atom stereocenters. The van der Waals surface area contributed by atoms with Gasteiger partial charge in [-0.3, -0.25) is 4.79 Å². The number of nitrogens with zero attached hydrogens (tertiary/aromatic N) is 2. The number of halogens is 1. The average Bonchev–Trinajstić information content (AvgIpc) is 2.53. The minimum absolute atomic E-state index is 0.0791. The number of ketones is 1. The number of anilines is 2. The van der Waals surface area contributed by atoms with Crippen molar-refractivity contribution < 1.29 is 4.79 Å². The summed E-state index contributed by atoms with van der Waals surface area (Å²) in [5.74, 6) is -0.0791. The Hall–Kier alpha value is -2.00. The third kappa shape index (κ3) is 3.60. The molecule has 0 fully saturated rings. The summed E-state index contributed by atoms with van der Waals surface area (Å²) in [6, 6.07) is 15.2. The first-order chi connectivity index (χ1) is 10.4. The zero-order chi connectivity index (χ0) is 16.3. The molecule has 3 nitrogen and oxygen atoms in total. The number of benzene rings is 2. The highest BCUT2D eigenvalue weighted by molar-refractivity contribution is 6.33. The van der Waals surface area contributed by atoms with Gasteiger partial charge in [-0.2, -0.15) is 0 Å². The Bertz CT molecular complexity index is 633. The molecule has 0 aliphatic carbocycles. The molecule has 4 heteroatoms. The van der Waals surface area contributed by atoms with E-state index in [1.807, 2.05) is 86.5 Å². The molecule has 0 aliphatic rings. The number of Topliss-reactive ketones (excluding diaryl/α,β-unsaturated/α-hetero) is 1. The summed E-state index contributed by atoms with van der Waals surface area (Å²) in [4.78, 5) is 16.5. The maximum atomic E-state index is 12.5. The molecule has 0 aliphatic heterocycles. The van der Waals surface area contributed by atoms with Crippen LogP contribution < -0.4 is 9.80 Å². The van der Waals surface area contributed by atoms with Crippen molar-refractivity contribution in [1.29, 1.82) is 0 Å². The van der Waals surface area contributed by atoms with Gasteiger partial charge in [-0.1, -0.05) is 12.1 Å². The predicted octanol–water partition coefficient (Wildman–Crippen LogP) is 3.98. The second kappa shape index (κ2) is 6.84. The Balaban J connectivity index is 2.17. The Labute approximate surface area is 137 Å². The Morgan fingerprint density at radius 2 is 1.23 bits per heavy atom. The predicted molar refractivity (Wildman–Crippen MR) is 94.5 cm³/mol. The molecule has 0 radical (unpaired) electrons. The van der Waals surface area contributed by atoms with Crippen molar-refractivity contribution in [3.63, 3.8) is 0 Å². The van der Waals surface area contributed by atoms with E-state index in [9.17, 15) is 4.79 Å². The van der Waals surface area contributed by atoms with Crippen molar-refractivity contribution in [3.05, 3.63) is 59.7 Å². The van der Waals surface area contributed by atoms with E-state index in [-0.39, 0.29) is 5.78 Å². The molecule has 0 heterocycles. The van der Waals surface area contributed by atoms with Crippen LogP contribution in [0.2, 0.25) is 0 Å². The van der Waals surface area contributed by atoms with Crippen LogP contribution in [0, 0.1) is 0 Å². The molecule has 0 N–H and O–H groups in total. The van der Waals surface area contributed by atoms with Gasteiger partial charge in [-0.05, 0) is 42.0 Å². The molecule has 22 heavy (non-hydrogen) atoms. The number of rotatable bonds is 5. The van der Waals surface area contributed by atoms with Crippen molar-refractivity contribution in [3.8, 4) is 0 Å². The van der Waals surface area contributed by atoms with Crippen LogP contribution >= 0.6 is 11.6 Å². The Kier molecular flexibility index (Phi) is 5.09. The lowest BCUT2D eigenvalue weighted by atomic mass is 10.0. The van der Waals surface area contributed by atoms with Gasteiger partial charge in [-0.25, -0.2) is 0 Å². The SMILES string of the molecule is CN(C)c1ccc(C(=O)C(Cl)c2ccc(N(C)C)cc2)cc1. The quantitative estimate of drug-likeness (QED) is 0.616. The summed E-state index contributed by atoms with van der Waals surface area (Å²) in [7, 11) is 7.89. The first-order valence-corrected chi connectivity index (χ1v) is 7.56. The van der Waals surface area contributed by atoms with Crippen molar-refractivity contribution in [2.45, 2.75) is 5.38 Å². The largest absolute Gasteiger partial charge is 0.378 e. The average molecular weight is 317 g/mol.